The molecule has 106 valence electrons. The monoisotopic (exact) mass is 328 g/mol. The Bertz CT molecular complexity index is 447. The summed E-state index contributed by atoms with van der Waals surface area (Å²) in [5.74, 6) is 2.06. The molecule has 1 fully saturated rings. The molecule has 1 heterocycles. The van der Waals surface area contributed by atoms with Gasteiger partial charge in [0.15, 0.2) is 11.5 Å². The molecule has 1 aliphatic heterocycles. The average Bonchev–Trinajstić information content (AvgIpc) is 2.84. The molecule has 0 aromatic heterocycles. The van der Waals surface area contributed by atoms with Gasteiger partial charge in [0, 0.05) is 10.7 Å². The molecule has 1 saturated heterocycles. The molecular formula is C15H21BrO3. The largest absolute Gasteiger partial charge is 0.493 e. The SMILES string of the molecule is COc1cc(C)c(C(Br)C2COC(C)C2)cc1OC. The molecule has 0 radical (unpaired) electrons. The van der Waals surface area contributed by atoms with Gasteiger partial charge in [-0.05, 0) is 43.5 Å². The van der Waals surface area contributed by atoms with Gasteiger partial charge >= 0.3 is 0 Å². The van der Waals surface area contributed by atoms with Gasteiger partial charge in [0.1, 0.15) is 0 Å². The summed E-state index contributed by atoms with van der Waals surface area (Å²) in [5, 5.41) is 0. The second-order valence-electron chi connectivity index (χ2n) is 5.11. The third-order valence-electron chi connectivity index (χ3n) is 3.71. The molecule has 1 aliphatic rings. The third-order valence-corrected chi connectivity index (χ3v) is 4.95. The minimum Gasteiger partial charge on any atom is -0.493 e. The fraction of sp³-hybridized carbons (Fsp3) is 0.600. The van der Waals surface area contributed by atoms with E-state index in [9.17, 15) is 0 Å². The molecule has 4 heteroatoms. The first-order chi connectivity index (χ1) is 9.06. The van der Waals surface area contributed by atoms with Crippen LogP contribution in [0.5, 0.6) is 11.5 Å². The highest BCUT2D eigenvalue weighted by molar-refractivity contribution is 9.09. The predicted molar refractivity (Wildman–Crippen MR) is 79.5 cm³/mol. The van der Waals surface area contributed by atoms with Crippen molar-refractivity contribution in [1.82, 2.24) is 0 Å². The van der Waals surface area contributed by atoms with Gasteiger partial charge in [-0.1, -0.05) is 15.9 Å². The number of alkyl halides is 1. The fourth-order valence-electron chi connectivity index (χ4n) is 2.60. The Morgan fingerprint density at radius 2 is 1.89 bits per heavy atom. The molecule has 19 heavy (non-hydrogen) atoms. The van der Waals surface area contributed by atoms with Gasteiger partial charge in [-0.25, -0.2) is 0 Å². The van der Waals surface area contributed by atoms with Crippen molar-refractivity contribution >= 4 is 15.9 Å². The summed E-state index contributed by atoms with van der Waals surface area (Å²) in [7, 11) is 3.33. The van der Waals surface area contributed by atoms with E-state index in [1.807, 2.05) is 6.07 Å². The van der Waals surface area contributed by atoms with Crippen LogP contribution >= 0.6 is 15.9 Å². The van der Waals surface area contributed by atoms with Crippen molar-refractivity contribution < 1.29 is 14.2 Å². The van der Waals surface area contributed by atoms with Crippen LogP contribution in [0, 0.1) is 12.8 Å². The lowest BCUT2D eigenvalue weighted by Crippen LogP contribution is -2.09. The van der Waals surface area contributed by atoms with E-state index in [4.69, 9.17) is 14.2 Å². The second-order valence-corrected chi connectivity index (χ2v) is 6.09. The molecule has 3 unspecified atom stereocenters. The number of methoxy groups -OCH3 is 2. The number of rotatable bonds is 4. The van der Waals surface area contributed by atoms with Crippen LogP contribution in [0.1, 0.15) is 29.3 Å². The summed E-state index contributed by atoms with van der Waals surface area (Å²) in [6, 6.07) is 4.10. The standard InChI is InChI=1S/C15H21BrO3/c1-9-5-13(17-3)14(18-4)7-12(9)15(16)11-6-10(2)19-8-11/h5,7,10-11,15H,6,8H2,1-4H3. The van der Waals surface area contributed by atoms with Gasteiger partial charge in [0.05, 0.1) is 26.9 Å². The lowest BCUT2D eigenvalue weighted by Gasteiger charge is -2.20. The number of ether oxygens (including phenoxy) is 3. The van der Waals surface area contributed by atoms with Crippen molar-refractivity contribution in [3.05, 3.63) is 23.3 Å². The van der Waals surface area contributed by atoms with Crippen molar-refractivity contribution in [2.24, 2.45) is 5.92 Å². The number of halogens is 1. The van der Waals surface area contributed by atoms with E-state index in [1.54, 1.807) is 14.2 Å². The molecule has 1 aromatic rings. The van der Waals surface area contributed by atoms with Gasteiger partial charge < -0.3 is 14.2 Å². The van der Waals surface area contributed by atoms with Gasteiger partial charge in [-0.2, -0.15) is 0 Å². The molecule has 0 N–H and O–H groups in total. The Balaban J connectivity index is 2.28. The van der Waals surface area contributed by atoms with E-state index in [0.29, 0.717) is 12.0 Å². The van der Waals surface area contributed by atoms with Crippen molar-refractivity contribution in [2.45, 2.75) is 31.2 Å². The molecular weight excluding hydrogens is 308 g/mol. The summed E-state index contributed by atoms with van der Waals surface area (Å²) >= 11 is 3.82. The normalized spacial score (nSPS) is 24.3. The summed E-state index contributed by atoms with van der Waals surface area (Å²) in [4.78, 5) is 0.289. The van der Waals surface area contributed by atoms with Crippen LogP contribution < -0.4 is 9.47 Å². The van der Waals surface area contributed by atoms with E-state index in [-0.39, 0.29) is 4.83 Å². The van der Waals surface area contributed by atoms with E-state index < -0.39 is 0 Å². The Hall–Kier alpha value is -0.740. The zero-order chi connectivity index (χ0) is 14.0. The maximum absolute atomic E-state index is 5.66. The zero-order valence-corrected chi connectivity index (χ0v) is 13.5. The summed E-state index contributed by atoms with van der Waals surface area (Å²) in [6.45, 7) is 5.04. The summed E-state index contributed by atoms with van der Waals surface area (Å²) in [5.41, 5.74) is 2.46. The second kappa shape index (κ2) is 6.14. The van der Waals surface area contributed by atoms with Crippen LogP contribution in [0.4, 0.5) is 0 Å². The Morgan fingerprint density at radius 1 is 1.26 bits per heavy atom. The fourth-order valence-corrected chi connectivity index (χ4v) is 3.46. The van der Waals surface area contributed by atoms with E-state index in [2.05, 4.69) is 35.8 Å². The predicted octanol–water partition coefficient (Wildman–Crippen LogP) is 3.87. The van der Waals surface area contributed by atoms with Crippen LogP contribution in [0.3, 0.4) is 0 Å². The van der Waals surface area contributed by atoms with Crippen LogP contribution in [-0.4, -0.2) is 26.9 Å². The summed E-state index contributed by atoms with van der Waals surface area (Å²) in [6.07, 6.45) is 1.44. The topological polar surface area (TPSA) is 27.7 Å². The highest BCUT2D eigenvalue weighted by atomic mass is 79.9. The lowest BCUT2D eigenvalue weighted by atomic mass is 9.93. The summed E-state index contributed by atoms with van der Waals surface area (Å²) < 4.78 is 16.4. The van der Waals surface area contributed by atoms with Crippen LogP contribution in [-0.2, 0) is 4.74 Å². The first-order valence-electron chi connectivity index (χ1n) is 6.55. The average molecular weight is 329 g/mol. The zero-order valence-electron chi connectivity index (χ0n) is 11.9. The van der Waals surface area contributed by atoms with Crippen molar-refractivity contribution in [3.63, 3.8) is 0 Å². The van der Waals surface area contributed by atoms with E-state index in [1.165, 1.54) is 11.1 Å². The number of hydrogen-bond acceptors (Lipinski definition) is 3. The molecule has 3 atom stereocenters. The van der Waals surface area contributed by atoms with E-state index >= 15 is 0 Å². The molecule has 0 saturated carbocycles. The van der Waals surface area contributed by atoms with Gasteiger partial charge in [0.2, 0.25) is 0 Å². The molecule has 0 amide bonds. The minimum absolute atomic E-state index is 0.289. The maximum atomic E-state index is 5.66. The van der Waals surface area contributed by atoms with Crippen LogP contribution in [0.2, 0.25) is 0 Å². The first-order valence-corrected chi connectivity index (χ1v) is 7.46. The number of aryl methyl sites for hydroxylation is 1. The van der Waals surface area contributed by atoms with E-state index in [0.717, 1.165) is 24.5 Å². The van der Waals surface area contributed by atoms with Crippen LogP contribution in [0.25, 0.3) is 0 Å². The molecule has 0 spiro atoms. The minimum atomic E-state index is 0.289. The first kappa shape index (κ1) is 14.7. The number of benzene rings is 1. The number of hydrogen-bond donors (Lipinski definition) is 0. The molecule has 1 aromatic carbocycles. The molecule has 3 nitrogen and oxygen atoms in total. The Morgan fingerprint density at radius 3 is 2.42 bits per heavy atom. The highest BCUT2D eigenvalue weighted by Crippen LogP contribution is 2.42. The molecule has 0 aliphatic carbocycles. The Labute approximate surface area is 123 Å². The lowest BCUT2D eigenvalue weighted by molar-refractivity contribution is 0.120. The Kier molecular flexibility index (Phi) is 4.74. The van der Waals surface area contributed by atoms with Gasteiger partial charge in [0.25, 0.3) is 0 Å². The van der Waals surface area contributed by atoms with Crippen LogP contribution in [0.15, 0.2) is 12.1 Å². The van der Waals surface area contributed by atoms with Gasteiger partial charge in [-0.15, -0.1) is 0 Å². The van der Waals surface area contributed by atoms with Crippen molar-refractivity contribution in [2.75, 3.05) is 20.8 Å². The molecule has 0 bridgehead atoms. The highest BCUT2D eigenvalue weighted by Gasteiger charge is 2.30. The quantitative estimate of drug-likeness (QED) is 0.785. The van der Waals surface area contributed by atoms with Crippen molar-refractivity contribution in [3.8, 4) is 11.5 Å². The van der Waals surface area contributed by atoms with Crippen molar-refractivity contribution in [1.29, 1.82) is 0 Å². The smallest absolute Gasteiger partial charge is 0.161 e. The van der Waals surface area contributed by atoms with Gasteiger partial charge in [-0.3, -0.25) is 0 Å². The molecule has 2 rings (SSSR count). The third kappa shape index (κ3) is 3.06. The maximum Gasteiger partial charge on any atom is 0.161 e.